The molecule has 1 aromatic carbocycles. The topological polar surface area (TPSA) is 66.7 Å². The molecule has 1 atom stereocenters. The van der Waals surface area contributed by atoms with Crippen molar-refractivity contribution in [1.82, 2.24) is 14.8 Å². The third-order valence-corrected chi connectivity index (χ3v) is 5.94. The predicted octanol–water partition coefficient (Wildman–Crippen LogP) is 3.86. The van der Waals surface area contributed by atoms with Crippen LogP contribution in [0.1, 0.15) is 68.2 Å². The van der Waals surface area contributed by atoms with Crippen LogP contribution in [0.25, 0.3) is 0 Å². The highest BCUT2D eigenvalue weighted by molar-refractivity contribution is 5.85. The summed E-state index contributed by atoms with van der Waals surface area (Å²) >= 11 is 0. The van der Waals surface area contributed by atoms with Crippen LogP contribution in [0, 0.1) is 5.82 Å². The van der Waals surface area contributed by atoms with Gasteiger partial charge in [0.2, 0.25) is 17.7 Å². The Bertz CT molecular complexity index is 897. The summed E-state index contributed by atoms with van der Waals surface area (Å²) < 4.78 is 19.4. The summed E-state index contributed by atoms with van der Waals surface area (Å²) in [6, 6.07) is 6.20. The van der Waals surface area contributed by atoms with Crippen LogP contribution in [0.15, 0.2) is 34.9 Å². The summed E-state index contributed by atoms with van der Waals surface area (Å²) in [5.41, 5.74) is 0.814. The lowest BCUT2D eigenvalue weighted by Crippen LogP contribution is -2.46. The van der Waals surface area contributed by atoms with E-state index in [0.717, 1.165) is 44.1 Å². The largest absolute Gasteiger partial charge is 0.443 e. The average Bonchev–Trinajstić information content (AvgIpc) is 3.11. The van der Waals surface area contributed by atoms with Crippen LogP contribution in [0.3, 0.4) is 0 Å². The number of carbonyl (C=O) groups excluding carboxylic acids is 2. The van der Waals surface area contributed by atoms with Gasteiger partial charge in [-0.3, -0.25) is 9.59 Å². The Balaban J connectivity index is 1.45. The number of hydrogen-bond donors (Lipinski definition) is 0. The van der Waals surface area contributed by atoms with Crippen LogP contribution in [-0.2, 0) is 16.0 Å². The molecule has 0 N–H and O–H groups in total. The van der Waals surface area contributed by atoms with Crippen LogP contribution in [0.5, 0.6) is 0 Å². The van der Waals surface area contributed by atoms with E-state index in [1.54, 1.807) is 17.2 Å². The fourth-order valence-electron chi connectivity index (χ4n) is 4.35. The number of likely N-dealkylation sites (tertiary alicyclic amines) is 2. The van der Waals surface area contributed by atoms with Crippen molar-refractivity contribution in [1.29, 1.82) is 0 Å². The Morgan fingerprint density at radius 2 is 2.03 bits per heavy atom. The van der Waals surface area contributed by atoms with Crippen molar-refractivity contribution in [2.24, 2.45) is 0 Å². The molecule has 2 aliphatic rings. The third-order valence-electron chi connectivity index (χ3n) is 5.94. The van der Waals surface area contributed by atoms with Crippen LogP contribution in [0.4, 0.5) is 4.39 Å². The van der Waals surface area contributed by atoms with Gasteiger partial charge in [-0.2, -0.15) is 0 Å². The van der Waals surface area contributed by atoms with Crippen LogP contribution in [-0.4, -0.2) is 46.2 Å². The smallest absolute Gasteiger partial charge is 0.242 e. The fraction of sp³-hybridized carbons (Fsp3) is 0.522. The van der Waals surface area contributed by atoms with E-state index in [4.69, 9.17) is 4.42 Å². The molecule has 0 unspecified atom stereocenters. The highest BCUT2D eigenvalue weighted by Crippen LogP contribution is 2.31. The SMILES string of the molecule is O=C1CCCCCN1CC(=O)N1CCCC[C@@H]1c1ncc(Cc2cccc(F)c2)o1. The molecule has 7 heteroatoms. The van der Waals surface area contributed by atoms with Gasteiger partial charge in [-0.1, -0.05) is 18.6 Å². The number of piperidine rings is 1. The van der Waals surface area contributed by atoms with Crippen molar-refractivity contribution in [3.05, 3.63) is 53.5 Å². The second-order valence-electron chi connectivity index (χ2n) is 8.20. The molecule has 0 spiro atoms. The summed E-state index contributed by atoms with van der Waals surface area (Å²) in [4.78, 5) is 33.3. The van der Waals surface area contributed by atoms with Crippen molar-refractivity contribution in [2.45, 2.75) is 57.4 Å². The first-order chi connectivity index (χ1) is 14.6. The number of hydrogen-bond acceptors (Lipinski definition) is 4. The van der Waals surface area contributed by atoms with Gasteiger partial charge in [0, 0.05) is 25.9 Å². The Morgan fingerprint density at radius 3 is 2.90 bits per heavy atom. The molecule has 30 heavy (non-hydrogen) atoms. The fourth-order valence-corrected chi connectivity index (χ4v) is 4.35. The number of oxazole rings is 1. The zero-order valence-electron chi connectivity index (χ0n) is 17.2. The third kappa shape index (κ3) is 4.89. The second-order valence-corrected chi connectivity index (χ2v) is 8.20. The lowest BCUT2D eigenvalue weighted by Gasteiger charge is -2.35. The number of benzene rings is 1. The van der Waals surface area contributed by atoms with E-state index in [1.165, 1.54) is 12.1 Å². The number of amides is 2. The number of aromatic nitrogens is 1. The van der Waals surface area contributed by atoms with Crippen LogP contribution in [0.2, 0.25) is 0 Å². The number of halogens is 1. The van der Waals surface area contributed by atoms with E-state index in [1.807, 2.05) is 11.0 Å². The summed E-state index contributed by atoms with van der Waals surface area (Å²) in [5.74, 6) is 0.926. The quantitative estimate of drug-likeness (QED) is 0.747. The van der Waals surface area contributed by atoms with Gasteiger partial charge in [0.25, 0.3) is 0 Å². The van der Waals surface area contributed by atoms with Crippen molar-refractivity contribution < 1.29 is 18.4 Å². The lowest BCUT2D eigenvalue weighted by atomic mass is 10.0. The van der Waals surface area contributed by atoms with E-state index in [9.17, 15) is 14.0 Å². The lowest BCUT2D eigenvalue weighted by molar-refractivity contribution is -0.143. The normalized spacial score (nSPS) is 20.3. The van der Waals surface area contributed by atoms with Gasteiger partial charge in [-0.05, 0) is 49.8 Å². The van der Waals surface area contributed by atoms with Gasteiger partial charge >= 0.3 is 0 Å². The first-order valence-electron chi connectivity index (χ1n) is 10.9. The molecule has 0 bridgehead atoms. The predicted molar refractivity (Wildman–Crippen MR) is 109 cm³/mol. The maximum absolute atomic E-state index is 13.4. The monoisotopic (exact) mass is 413 g/mol. The van der Waals surface area contributed by atoms with Gasteiger partial charge in [0.15, 0.2) is 0 Å². The minimum absolute atomic E-state index is 0.0418. The minimum atomic E-state index is -0.278. The van der Waals surface area contributed by atoms with Gasteiger partial charge in [0.1, 0.15) is 17.6 Å². The first-order valence-corrected chi connectivity index (χ1v) is 10.9. The zero-order chi connectivity index (χ0) is 20.9. The summed E-state index contributed by atoms with van der Waals surface area (Å²) in [6.45, 7) is 1.43. The molecule has 160 valence electrons. The maximum atomic E-state index is 13.4. The van der Waals surface area contributed by atoms with Crippen LogP contribution >= 0.6 is 0 Å². The second kappa shape index (κ2) is 9.41. The van der Waals surface area contributed by atoms with Gasteiger partial charge in [-0.15, -0.1) is 0 Å². The number of carbonyl (C=O) groups is 2. The van der Waals surface area contributed by atoms with Crippen molar-refractivity contribution in [2.75, 3.05) is 19.6 Å². The standard InChI is InChI=1S/C23H28FN3O3/c24-18-8-6-7-17(13-18)14-19-15-25-23(30-19)20-9-3-5-12-27(20)22(29)16-26-11-4-1-2-10-21(26)28/h6-8,13,15,20H,1-5,9-12,14,16H2/t20-/m1/s1. The molecule has 0 radical (unpaired) electrons. The molecular weight excluding hydrogens is 385 g/mol. The molecule has 1 aromatic heterocycles. The molecule has 0 saturated carbocycles. The summed E-state index contributed by atoms with van der Waals surface area (Å²) in [6.07, 6.45) is 8.26. The van der Waals surface area contributed by atoms with Crippen molar-refractivity contribution in [3.63, 3.8) is 0 Å². The zero-order valence-corrected chi connectivity index (χ0v) is 17.2. The molecular formula is C23H28FN3O3. The first kappa shape index (κ1) is 20.6. The number of nitrogens with zero attached hydrogens (tertiary/aromatic N) is 3. The Hall–Kier alpha value is -2.70. The molecule has 4 rings (SSSR count). The molecule has 0 aliphatic carbocycles. The van der Waals surface area contributed by atoms with E-state index >= 15 is 0 Å². The van der Waals surface area contributed by atoms with E-state index in [2.05, 4.69) is 4.98 Å². The van der Waals surface area contributed by atoms with Gasteiger partial charge < -0.3 is 14.2 Å². The number of rotatable bonds is 5. The van der Waals surface area contributed by atoms with E-state index in [-0.39, 0.29) is 30.2 Å². The van der Waals surface area contributed by atoms with Crippen molar-refractivity contribution in [3.8, 4) is 0 Å². The molecule has 3 heterocycles. The van der Waals surface area contributed by atoms with Gasteiger partial charge in [-0.25, -0.2) is 9.37 Å². The highest BCUT2D eigenvalue weighted by Gasteiger charge is 2.33. The molecule has 2 saturated heterocycles. The Labute approximate surface area is 176 Å². The van der Waals surface area contributed by atoms with E-state index in [0.29, 0.717) is 37.6 Å². The Morgan fingerprint density at radius 1 is 1.17 bits per heavy atom. The van der Waals surface area contributed by atoms with Gasteiger partial charge in [0.05, 0.1) is 12.7 Å². The Kier molecular flexibility index (Phi) is 6.45. The van der Waals surface area contributed by atoms with E-state index < -0.39 is 0 Å². The molecule has 6 nitrogen and oxygen atoms in total. The minimum Gasteiger partial charge on any atom is -0.443 e. The highest BCUT2D eigenvalue weighted by atomic mass is 19.1. The maximum Gasteiger partial charge on any atom is 0.242 e. The van der Waals surface area contributed by atoms with Crippen molar-refractivity contribution >= 4 is 11.8 Å². The summed E-state index contributed by atoms with van der Waals surface area (Å²) in [7, 11) is 0. The van der Waals surface area contributed by atoms with Crippen LogP contribution < -0.4 is 0 Å². The molecule has 2 aromatic rings. The average molecular weight is 413 g/mol. The molecule has 2 aliphatic heterocycles. The molecule has 2 amide bonds. The molecule has 2 fully saturated rings. The summed E-state index contributed by atoms with van der Waals surface area (Å²) in [5, 5.41) is 0.